The van der Waals surface area contributed by atoms with Crippen molar-refractivity contribution in [2.75, 3.05) is 19.7 Å². The number of hydrogen-bond donors (Lipinski definition) is 2. The molecule has 2 N–H and O–H groups in total. The summed E-state index contributed by atoms with van der Waals surface area (Å²) in [6, 6.07) is 10.4. The molecule has 1 atom stereocenters. The summed E-state index contributed by atoms with van der Waals surface area (Å²) in [4.78, 5) is 12.2. The lowest BCUT2D eigenvalue weighted by atomic mass is 9.97. The van der Waals surface area contributed by atoms with Crippen LogP contribution in [-0.4, -0.2) is 35.4 Å². The number of amides is 1. The second-order valence-electron chi connectivity index (χ2n) is 6.64. The predicted molar refractivity (Wildman–Crippen MR) is 94.1 cm³/mol. The van der Waals surface area contributed by atoms with E-state index >= 15 is 0 Å². The normalized spacial score (nSPS) is 19.1. The van der Waals surface area contributed by atoms with Crippen LogP contribution in [0.3, 0.4) is 0 Å². The molecule has 25 heavy (non-hydrogen) atoms. The number of carbonyl (C=O) groups is 1. The highest BCUT2D eigenvalue weighted by Gasteiger charge is 2.21. The van der Waals surface area contributed by atoms with Crippen molar-refractivity contribution < 1.29 is 9.53 Å². The molecule has 0 bridgehead atoms. The second-order valence-corrected chi connectivity index (χ2v) is 6.64. The average Bonchev–Trinajstić information content (AvgIpc) is 3.07. The Hall–Kier alpha value is -2.18. The van der Waals surface area contributed by atoms with Crippen molar-refractivity contribution in [1.82, 2.24) is 20.4 Å². The van der Waals surface area contributed by atoms with Gasteiger partial charge in [-0.05, 0) is 23.6 Å². The summed E-state index contributed by atoms with van der Waals surface area (Å²) >= 11 is 0. The standard InChI is InChI=1S/C19H24N4O2/c24-19(6-5-15-11-16-12-20-8-9-23(16)22-15)21-13-18-17-4-2-1-3-14(17)7-10-25-18/h1-4,11,18,20H,5-10,12-13H2,(H,21,24). The van der Waals surface area contributed by atoms with E-state index in [4.69, 9.17) is 4.74 Å². The van der Waals surface area contributed by atoms with Crippen LogP contribution in [0.5, 0.6) is 0 Å². The molecule has 0 fully saturated rings. The molecule has 132 valence electrons. The van der Waals surface area contributed by atoms with Crippen LogP contribution in [0.15, 0.2) is 30.3 Å². The first-order valence-corrected chi connectivity index (χ1v) is 9.02. The van der Waals surface area contributed by atoms with Crippen molar-refractivity contribution >= 4 is 5.91 Å². The highest BCUT2D eigenvalue weighted by molar-refractivity contribution is 5.76. The highest BCUT2D eigenvalue weighted by atomic mass is 16.5. The SMILES string of the molecule is O=C(CCc1cc2n(n1)CCNC2)NCC1OCCc2ccccc21. The van der Waals surface area contributed by atoms with Crippen LogP contribution in [0.25, 0.3) is 0 Å². The molecule has 0 spiro atoms. The van der Waals surface area contributed by atoms with Gasteiger partial charge in [0.05, 0.1) is 24.5 Å². The van der Waals surface area contributed by atoms with Gasteiger partial charge in [-0.3, -0.25) is 9.48 Å². The van der Waals surface area contributed by atoms with Crippen molar-refractivity contribution in [3.05, 3.63) is 52.8 Å². The number of hydrogen-bond acceptors (Lipinski definition) is 4. The van der Waals surface area contributed by atoms with Crippen LogP contribution >= 0.6 is 0 Å². The largest absolute Gasteiger partial charge is 0.371 e. The minimum atomic E-state index is -0.0418. The first-order chi connectivity index (χ1) is 12.3. The van der Waals surface area contributed by atoms with Gasteiger partial charge in [0.2, 0.25) is 5.91 Å². The van der Waals surface area contributed by atoms with Crippen molar-refractivity contribution in [3.8, 4) is 0 Å². The van der Waals surface area contributed by atoms with Gasteiger partial charge in [0.1, 0.15) is 6.10 Å². The summed E-state index contributed by atoms with van der Waals surface area (Å²) in [5, 5.41) is 10.9. The molecule has 2 aliphatic heterocycles. The number of rotatable bonds is 5. The van der Waals surface area contributed by atoms with E-state index in [1.165, 1.54) is 16.8 Å². The molecule has 1 aromatic carbocycles. The zero-order chi connectivity index (χ0) is 17.1. The van der Waals surface area contributed by atoms with E-state index in [1.807, 2.05) is 10.7 Å². The molecule has 2 aliphatic rings. The summed E-state index contributed by atoms with van der Waals surface area (Å²) in [6.45, 7) is 3.96. The zero-order valence-electron chi connectivity index (χ0n) is 14.3. The molecule has 0 radical (unpaired) electrons. The fourth-order valence-electron chi connectivity index (χ4n) is 3.56. The Bertz CT molecular complexity index is 732. The van der Waals surface area contributed by atoms with Crippen LogP contribution < -0.4 is 10.6 Å². The van der Waals surface area contributed by atoms with Crippen LogP contribution in [-0.2, 0) is 35.5 Å². The Kier molecular flexibility index (Phi) is 4.81. The quantitative estimate of drug-likeness (QED) is 0.862. The zero-order valence-corrected chi connectivity index (χ0v) is 14.3. The number of nitrogens with one attached hydrogen (secondary N) is 2. The van der Waals surface area contributed by atoms with Crippen molar-refractivity contribution in [1.29, 1.82) is 0 Å². The van der Waals surface area contributed by atoms with Gasteiger partial charge in [0.15, 0.2) is 0 Å². The molecular weight excluding hydrogens is 316 g/mol. The fraction of sp³-hybridized carbons (Fsp3) is 0.474. The molecule has 1 aromatic heterocycles. The minimum absolute atomic E-state index is 0.0418. The van der Waals surface area contributed by atoms with Crippen LogP contribution in [0.2, 0.25) is 0 Å². The number of benzene rings is 1. The van der Waals surface area contributed by atoms with Gasteiger partial charge >= 0.3 is 0 Å². The summed E-state index contributed by atoms with van der Waals surface area (Å²) in [7, 11) is 0. The topological polar surface area (TPSA) is 68.2 Å². The van der Waals surface area contributed by atoms with E-state index in [2.05, 4.69) is 40.0 Å². The lowest BCUT2D eigenvalue weighted by Crippen LogP contribution is -2.32. The van der Waals surface area contributed by atoms with Gasteiger partial charge in [-0.1, -0.05) is 24.3 Å². The number of carbonyl (C=O) groups excluding carboxylic acids is 1. The Morgan fingerprint density at radius 1 is 1.40 bits per heavy atom. The molecule has 2 aromatic rings. The molecule has 3 heterocycles. The molecule has 0 saturated heterocycles. The molecule has 1 amide bonds. The maximum Gasteiger partial charge on any atom is 0.220 e. The third kappa shape index (κ3) is 3.75. The van der Waals surface area contributed by atoms with Gasteiger partial charge < -0.3 is 15.4 Å². The minimum Gasteiger partial charge on any atom is -0.371 e. The van der Waals surface area contributed by atoms with Gasteiger partial charge in [-0.25, -0.2) is 0 Å². The van der Waals surface area contributed by atoms with Crippen LogP contribution in [0.4, 0.5) is 0 Å². The van der Waals surface area contributed by atoms with Crippen molar-refractivity contribution in [3.63, 3.8) is 0 Å². The van der Waals surface area contributed by atoms with E-state index in [1.54, 1.807) is 0 Å². The number of aryl methyl sites for hydroxylation is 1. The first-order valence-electron chi connectivity index (χ1n) is 9.02. The lowest BCUT2D eigenvalue weighted by Gasteiger charge is -2.26. The van der Waals surface area contributed by atoms with E-state index in [0.29, 0.717) is 26.0 Å². The van der Waals surface area contributed by atoms with E-state index in [9.17, 15) is 4.79 Å². The third-order valence-corrected chi connectivity index (χ3v) is 4.91. The monoisotopic (exact) mass is 340 g/mol. The molecule has 6 heteroatoms. The molecule has 6 nitrogen and oxygen atoms in total. The summed E-state index contributed by atoms with van der Waals surface area (Å²) in [5.41, 5.74) is 4.72. The number of nitrogens with zero attached hydrogens (tertiary/aromatic N) is 2. The second kappa shape index (κ2) is 7.37. The molecule has 1 unspecified atom stereocenters. The average molecular weight is 340 g/mol. The first kappa shape index (κ1) is 16.3. The van der Waals surface area contributed by atoms with Gasteiger partial charge in [-0.2, -0.15) is 5.10 Å². The predicted octanol–water partition coefficient (Wildman–Crippen LogP) is 1.35. The molecule has 0 aliphatic carbocycles. The van der Waals surface area contributed by atoms with E-state index < -0.39 is 0 Å². The number of fused-ring (bicyclic) bond motifs is 2. The molecular formula is C19H24N4O2. The van der Waals surface area contributed by atoms with Crippen LogP contribution in [0, 0.1) is 0 Å². The Morgan fingerprint density at radius 2 is 2.32 bits per heavy atom. The highest BCUT2D eigenvalue weighted by Crippen LogP contribution is 2.26. The van der Waals surface area contributed by atoms with Crippen LogP contribution in [0.1, 0.15) is 35.0 Å². The van der Waals surface area contributed by atoms with Gasteiger partial charge in [0.25, 0.3) is 0 Å². The van der Waals surface area contributed by atoms with E-state index in [-0.39, 0.29) is 12.0 Å². The lowest BCUT2D eigenvalue weighted by molar-refractivity contribution is -0.121. The summed E-state index contributed by atoms with van der Waals surface area (Å²) in [6.07, 6.45) is 2.03. The summed E-state index contributed by atoms with van der Waals surface area (Å²) in [5.74, 6) is 0.0516. The van der Waals surface area contributed by atoms with Crippen molar-refractivity contribution in [2.45, 2.75) is 38.5 Å². The maximum absolute atomic E-state index is 12.2. The Morgan fingerprint density at radius 3 is 3.24 bits per heavy atom. The number of aromatic nitrogens is 2. The maximum atomic E-state index is 12.2. The smallest absolute Gasteiger partial charge is 0.220 e. The van der Waals surface area contributed by atoms with Gasteiger partial charge in [-0.15, -0.1) is 0 Å². The molecule has 4 rings (SSSR count). The summed E-state index contributed by atoms with van der Waals surface area (Å²) < 4.78 is 7.87. The van der Waals surface area contributed by atoms with E-state index in [0.717, 1.165) is 31.7 Å². The fourth-order valence-corrected chi connectivity index (χ4v) is 3.56. The Labute approximate surface area is 147 Å². The van der Waals surface area contributed by atoms with Gasteiger partial charge in [0, 0.05) is 32.5 Å². The Balaban J connectivity index is 1.28. The van der Waals surface area contributed by atoms with Crippen molar-refractivity contribution in [2.24, 2.45) is 0 Å². The third-order valence-electron chi connectivity index (χ3n) is 4.91. The molecule has 0 saturated carbocycles. The number of ether oxygens (including phenoxy) is 1.